The highest BCUT2D eigenvalue weighted by atomic mass is 35.5. The third-order valence-corrected chi connectivity index (χ3v) is 2.70. The Morgan fingerprint density at radius 1 is 1.45 bits per heavy atom. The van der Waals surface area contributed by atoms with Crippen molar-refractivity contribution in [2.45, 2.75) is 26.7 Å². The second-order valence-corrected chi connectivity index (χ2v) is 3.39. The van der Waals surface area contributed by atoms with Gasteiger partial charge in [0.05, 0.1) is 0 Å². The molecule has 0 fully saturated rings. The van der Waals surface area contributed by atoms with Gasteiger partial charge in [0.25, 0.3) is 0 Å². The van der Waals surface area contributed by atoms with Crippen molar-refractivity contribution in [1.82, 2.24) is 0 Å². The van der Waals surface area contributed by atoms with Crippen molar-refractivity contribution >= 4 is 11.6 Å². The van der Waals surface area contributed by atoms with Crippen molar-refractivity contribution in [2.24, 2.45) is 11.8 Å². The van der Waals surface area contributed by atoms with Crippen molar-refractivity contribution < 1.29 is 4.74 Å². The number of rotatable bonds is 6. The summed E-state index contributed by atoms with van der Waals surface area (Å²) in [7, 11) is 1.74. The second kappa shape index (κ2) is 6.93. The predicted molar refractivity (Wildman–Crippen MR) is 50.2 cm³/mol. The molecule has 0 aromatic carbocycles. The summed E-state index contributed by atoms with van der Waals surface area (Å²) < 4.78 is 5.01. The lowest BCUT2D eigenvalue weighted by molar-refractivity contribution is 0.167. The molecule has 0 aromatic heterocycles. The summed E-state index contributed by atoms with van der Waals surface area (Å²) >= 11 is 5.80. The summed E-state index contributed by atoms with van der Waals surface area (Å²) in [5.74, 6) is 2.13. The standard InChI is InChI=1S/C9H19ClO/c1-4-9(7-10)8(2)5-6-11-3/h8-9H,4-7H2,1-3H3. The molecule has 0 radical (unpaired) electrons. The molecule has 0 heterocycles. The van der Waals surface area contributed by atoms with E-state index in [0.717, 1.165) is 18.9 Å². The van der Waals surface area contributed by atoms with Gasteiger partial charge in [-0.2, -0.15) is 0 Å². The normalized spacial score (nSPS) is 16.4. The minimum Gasteiger partial charge on any atom is -0.385 e. The van der Waals surface area contributed by atoms with Crippen LogP contribution in [0.15, 0.2) is 0 Å². The lowest BCUT2D eigenvalue weighted by atomic mass is 9.91. The highest BCUT2D eigenvalue weighted by molar-refractivity contribution is 6.18. The van der Waals surface area contributed by atoms with Gasteiger partial charge in [-0.3, -0.25) is 0 Å². The van der Waals surface area contributed by atoms with Gasteiger partial charge in [-0.1, -0.05) is 20.3 Å². The Hall–Kier alpha value is 0.250. The Morgan fingerprint density at radius 2 is 2.09 bits per heavy atom. The van der Waals surface area contributed by atoms with Crippen LogP contribution in [0.25, 0.3) is 0 Å². The summed E-state index contributed by atoms with van der Waals surface area (Å²) in [6.45, 7) is 5.29. The van der Waals surface area contributed by atoms with Crippen LogP contribution in [0.3, 0.4) is 0 Å². The molecule has 0 rings (SSSR count). The molecule has 1 nitrogen and oxygen atoms in total. The molecule has 0 spiro atoms. The first kappa shape index (κ1) is 11.2. The topological polar surface area (TPSA) is 9.23 Å². The van der Waals surface area contributed by atoms with Crippen molar-refractivity contribution in [3.05, 3.63) is 0 Å². The van der Waals surface area contributed by atoms with Crippen LogP contribution in [0, 0.1) is 11.8 Å². The molecule has 0 aliphatic rings. The van der Waals surface area contributed by atoms with Gasteiger partial charge >= 0.3 is 0 Å². The van der Waals surface area contributed by atoms with Gasteiger partial charge in [-0.05, 0) is 18.3 Å². The summed E-state index contributed by atoms with van der Waals surface area (Å²) in [5.41, 5.74) is 0. The van der Waals surface area contributed by atoms with E-state index in [4.69, 9.17) is 16.3 Å². The minimum absolute atomic E-state index is 0.659. The van der Waals surface area contributed by atoms with E-state index in [1.165, 1.54) is 6.42 Å². The van der Waals surface area contributed by atoms with Crippen molar-refractivity contribution in [3.8, 4) is 0 Å². The highest BCUT2D eigenvalue weighted by Gasteiger charge is 2.13. The van der Waals surface area contributed by atoms with E-state index in [1.807, 2.05) is 0 Å². The van der Waals surface area contributed by atoms with E-state index < -0.39 is 0 Å². The molecule has 2 unspecified atom stereocenters. The second-order valence-electron chi connectivity index (χ2n) is 3.08. The average molecular weight is 179 g/mol. The average Bonchev–Trinajstić information content (AvgIpc) is 2.03. The number of halogens is 1. The zero-order valence-corrected chi connectivity index (χ0v) is 8.53. The van der Waals surface area contributed by atoms with Gasteiger partial charge in [0.15, 0.2) is 0 Å². The van der Waals surface area contributed by atoms with Gasteiger partial charge in [-0.25, -0.2) is 0 Å². The van der Waals surface area contributed by atoms with Gasteiger partial charge in [0.2, 0.25) is 0 Å². The van der Waals surface area contributed by atoms with Gasteiger partial charge in [0.1, 0.15) is 0 Å². The molecule has 0 saturated carbocycles. The highest BCUT2D eigenvalue weighted by Crippen LogP contribution is 2.19. The lowest BCUT2D eigenvalue weighted by Crippen LogP contribution is -2.14. The number of hydrogen-bond donors (Lipinski definition) is 0. The molecule has 11 heavy (non-hydrogen) atoms. The van der Waals surface area contributed by atoms with Crippen LogP contribution in [0.2, 0.25) is 0 Å². The number of hydrogen-bond acceptors (Lipinski definition) is 1. The van der Waals surface area contributed by atoms with E-state index in [-0.39, 0.29) is 0 Å². The molecule has 2 atom stereocenters. The number of ether oxygens (including phenoxy) is 1. The molecule has 0 N–H and O–H groups in total. The van der Waals surface area contributed by atoms with Gasteiger partial charge in [-0.15, -0.1) is 11.6 Å². The molecule has 2 heteroatoms. The van der Waals surface area contributed by atoms with E-state index in [2.05, 4.69) is 13.8 Å². The Kier molecular flexibility index (Phi) is 7.09. The molecule has 0 amide bonds. The first-order chi connectivity index (χ1) is 5.26. The van der Waals surface area contributed by atoms with Crippen molar-refractivity contribution in [3.63, 3.8) is 0 Å². The van der Waals surface area contributed by atoms with Crippen LogP contribution in [0.4, 0.5) is 0 Å². The number of alkyl halides is 1. The minimum atomic E-state index is 0.659. The maximum absolute atomic E-state index is 5.80. The monoisotopic (exact) mass is 178 g/mol. The van der Waals surface area contributed by atoms with Crippen LogP contribution >= 0.6 is 11.6 Å². The Morgan fingerprint density at radius 3 is 2.45 bits per heavy atom. The Balaban J connectivity index is 3.51. The first-order valence-corrected chi connectivity index (χ1v) is 4.84. The van der Waals surface area contributed by atoms with E-state index in [9.17, 15) is 0 Å². The summed E-state index contributed by atoms with van der Waals surface area (Å²) in [6.07, 6.45) is 2.30. The third-order valence-electron chi connectivity index (χ3n) is 2.30. The van der Waals surface area contributed by atoms with Crippen molar-refractivity contribution in [2.75, 3.05) is 19.6 Å². The van der Waals surface area contributed by atoms with Gasteiger partial charge in [0, 0.05) is 19.6 Å². The predicted octanol–water partition coefficient (Wildman–Crippen LogP) is 2.92. The van der Waals surface area contributed by atoms with Gasteiger partial charge < -0.3 is 4.74 Å². The molecule has 68 valence electrons. The zero-order valence-electron chi connectivity index (χ0n) is 7.77. The van der Waals surface area contributed by atoms with Crippen molar-refractivity contribution in [1.29, 1.82) is 0 Å². The summed E-state index contributed by atoms with van der Waals surface area (Å²) in [5, 5.41) is 0. The Bertz CT molecular complexity index is 81.6. The zero-order chi connectivity index (χ0) is 8.69. The maximum Gasteiger partial charge on any atom is 0.0464 e. The quantitative estimate of drug-likeness (QED) is 0.569. The molecule has 0 aliphatic heterocycles. The fraction of sp³-hybridized carbons (Fsp3) is 1.00. The fourth-order valence-electron chi connectivity index (χ4n) is 1.20. The smallest absolute Gasteiger partial charge is 0.0464 e. The van der Waals surface area contributed by atoms with Crippen LogP contribution < -0.4 is 0 Å². The van der Waals surface area contributed by atoms with E-state index in [1.54, 1.807) is 7.11 Å². The largest absolute Gasteiger partial charge is 0.385 e. The first-order valence-electron chi connectivity index (χ1n) is 4.31. The molecule has 0 aromatic rings. The molecule has 0 saturated heterocycles. The van der Waals surface area contributed by atoms with Crippen LogP contribution in [0.1, 0.15) is 26.7 Å². The molecular formula is C9H19ClO. The molecular weight excluding hydrogens is 160 g/mol. The van der Waals surface area contributed by atoms with Crippen LogP contribution in [0.5, 0.6) is 0 Å². The molecule has 0 bridgehead atoms. The third kappa shape index (κ3) is 4.65. The lowest BCUT2D eigenvalue weighted by Gasteiger charge is -2.19. The Labute approximate surface area is 75.1 Å². The van der Waals surface area contributed by atoms with E-state index in [0.29, 0.717) is 11.8 Å². The number of methoxy groups -OCH3 is 1. The SMILES string of the molecule is CCC(CCl)C(C)CCOC. The molecule has 0 aliphatic carbocycles. The maximum atomic E-state index is 5.80. The summed E-state index contributed by atoms with van der Waals surface area (Å²) in [6, 6.07) is 0. The summed E-state index contributed by atoms with van der Waals surface area (Å²) in [4.78, 5) is 0. The van der Waals surface area contributed by atoms with Crippen LogP contribution in [-0.2, 0) is 4.74 Å². The van der Waals surface area contributed by atoms with E-state index >= 15 is 0 Å². The van der Waals surface area contributed by atoms with Crippen LogP contribution in [-0.4, -0.2) is 19.6 Å². The fourth-order valence-corrected chi connectivity index (χ4v) is 1.73.